The fraction of sp³-hybridized carbons (Fsp3) is 0.364. The molecule has 0 unspecified atom stereocenters. The monoisotopic (exact) mass is 226 g/mol. The molecule has 0 fully saturated rings. The van der Waals surface area contributed by atoms with E-state index in [1.807, 2.05) is 20.0 Å². The highest BCUT2D eigenvalue weighted by atomic mass is 32.1. The molecule has 0 atom stereocenters. The second kappa shape index (κ2) is 5.19. The van der Waals surface area contributed by atoms with Crippen LogP contribution in [-0.2, 0) is 6.54 Å². The number of nitrogens with zero attached hydrogens (tertiary/aromatic N) is 1. The van der Waals surface area contributed by atoms with Crippen molar-refractivity contribution in [2.45, 2.75) is 13.5 Å². The summed E-state index contributed by atoms with van der Waals surface area (Å²) in [5, 5.41) is 0. The Hall–Kier alpha value is -1.00. The Balaban J connectivity index is 2.93. The maximum Gasteiger partial charge on any atom is 0.124 e. The van der Waals surface area contributed by atoms with Crippen molar-refractivity contribution in [3.05, 3.63) is 35.1 Å². The Morgan fingerprint density at radius 1 is 1.47 bits per heavy atom. The van der Waals surface area contributed by atoms with E-state index in [-0.39, 0.29) is 10.8 Å². The fourth-order valence-corrected chi connectivity index (χ4v) is 1.43. The van der Waals surface area contributed by atoms with Crippen molar-refractivity contribution in [2.75, 3.05) is 13.6 Å². The number of benzene rings is 1. The molecule has 0 saturated heterocycles. The lowest BCUT2D eigenvalue weighted by atomic mass is 10.1. The van der Waals surface area contributed by atoms with E-state index in [0.29, 0.717) is 12.1 Å². The van der Waals surface area contributed by atoms with Crippen LogP contribution in [0.5, 0.6) is 0 Å². The second-order valence-electron chi connectivity index (χ2n) is 3.54. The molecular formula is C11H15FN2S. The van der Waals surface area contributed by atoms with E-state index >= 15 is 0 Å². The van der Waals surface area contributed by atoms with Crippen molar-refractivity contribution < 1.29 is 4.39 Å². The van der Waals surface area contributed by atoms with Crippen LogP contribution in [-0.4, -0.2) is 23.5 Å². The lowest BCUT2D eigenvalue weighted by Crippen LogP contribution is -2.18. The van der Waals surface area contributed by atoms with Crippen molar-refractivity contribution in [3.63, 3.8) is 0 Å². The minimum Gasteiger partial charge on any atom is -0.389 e. The van der Waals surface area contributed by atoms with Gasteiger partial charge in [0.05, 0.1) is 0 Å². The predicted molar refractivity (Wildman–Crippen MR) is 64.3 cm³/mol. The zero-order valence-corrected chi connectivity index (χ0v) is 9.77. The molecule has 1 rings (SSSR count). The van der Waals surface area contributed by atoms with Crippen LogP contribution in [0.3, 0.4) is 0 Å². The van der Waals surface area contributed by atoms with Crippen LogP contribution in [0.4, 0.5) is 4.39 Å². The number of halogens is 1. The summed E-state index contributed by atoms with van der Waals surface area (Å²) in [6.07, 6.45) is 0. The first-order chi connectivity index (χ1) is 7.02. The average Bonchev–Trinajstić information content (AvgIpc) is 2.16. The van der Waals surface area contributed by atoms with Crippen molar-refractivity contribution in [1.82, 2.24) is 4.90 Å². The number of nitrogens with two attached hydrogens (primary N) is 1. The minimum atomic E-state index is -0.292. The Morgan fingerprint density at radius 2 is 2.13 bits per heavy atom. The molecule has 0 saturated carbocycles. The van der Waals surface area contributed by atoms with E-state index in [1.165, 1.54) is 12.1 Å². The van der Waals surface area contributed by atoms with Crippen molar-refractivity contribution in [1.29, 1.82) is 0 Å². The standard InChI is InChI=1S/C11H15FN2S/c1-3-14(2)7-8-4-9(11(13)15)6-10(12)5-8/h4-6H,3,7H2,1-2H3,(H2,13,15). The number of rotatable bonds is 4. The van der Waals surface area contributed by atoms with Crippen LogP contribution >= 0.6 is 12.2 Å². The molecule has 0 radical (unpaired) electrons. The molecule has 0 spiro atoms. The molecule has 0 heterocycles. The molecule has 82 valence electrons. The zero-order valence-electron chi connectivity index (χ0n) is 8.96. The van der Waals surface area contributed by atoms with Crippen LogP contribution in [0.2, 0.25) is 0 Å². The summed E-state index contributed by atoms with van der Waals surface area (Å²) >= 11 is 4.82. The summed E-state index contributed by atoms with van der Waals surface area (Å²) in [6, 6.07) is 4.70. The van der Waals surface area contributed by atoms with Gasteiger partial charge < -0.3 is 10.6 Å². The Labute approximate surface area is 94.9 Å². The first-order valence-corrected chi connectivity index (χ1v) is 5.21. The largest absolute Gasteiger partial charge is 0.389 e. The summed E-state index contributed by atoms with van der Waals surface area (Å²) < 4.78 is 13.2. The number of thiocarbonyl (C=S) groups is 1. The summed E-state index contributed by atoms with van der Waals surface area (Å²) in [6.45, 7) is 3.66. The first kappa shape index (κ1) is 12.1. The SMILES string of the molecule is CCN(C)Cc1cc(F)cc(C(N)=S)c1. The van der Waals surface area contributed by atoms with E-state index in [0.717, 1.165) is 12.1 Å². The molecule has 2 N–H and O–H groups in total. The van der Waals surface area contributed by atoms with Gasteiger partial charge in [0.1, 0.15) is 10.8 Å². The lowest BCUT2D eigenvalue weighted by Gasteiger charge is -2.14. The van der Waals surface area contributed by atoms with Gasteiger partial charge in [-0.2, -0.15) is 0 Å². The third-order valence-electron chi connectivity index (χ3n) is 2.23. The van der Waals surface area contributed by atoms with E-state index in [2.05, 4.69) is 4.90 Å². The van der Waals surface area contributed by atoms with E-state index in [4.69, 9.17) is 18.0 Å². The smallest absolute Gasteiger partial charge is 0.124 e. The quantitative estimate of drug-likeness (QED) is 0.795. The highest BCUT2D eigenvalue weighted by molar-refractivity contribution is 7.80. The Morgan fingerprint density at radius 3 is 2.67 bits per heavy atom. The maximum atomic E-state index is 13.2. The van der Waals surface area contributed by atoms with Crippen LogP contribution in [0.1, 0.15) is 18.1 Å². The number of hydrogen-bond acceptors (Lipinski definition) is 2. The molecular weight excluding hydrogens is 211 g/mol. The highest BCUT2D eigenvalue weighted by Gasteiger charge is 2.04. The highest BCUT2D eigenvalue weighted by Crippen LogP contribution is 2.11. The van der Waals surface area contributed by atoms with Gasteiger partial charge in [-0.25, -0.2) is 4.39 Å². The van der Waals surface area contributed by atoms with Crippen LogP contribution in [0, 0.1) is 5.82 Å². The van der Waals surface area contributed by atoms with Crippen LogP contribution in [0.15, 0.2) is 18.2 Å². The van der Waals surface area contributed by atoms with Gasteiger partial charge in [-0.05, 0) is 37.4 Å². The van der Waals surface area contributed by atoms with Gasteiger partial charge in [-0.3, -0.25) is 0 Å². The molecule has 0 aliphatic carbocycles. The van der Waals surface area contributed by atoms with Gasteiger partial charge in [-0.1, -0.05) is 19.1 Å². The van der Waals surface area contributed by atoms with Crippen molar-refractivity contribution >= 4 is 17.2 Å². The van der Waals surface area contributed by atoms with Gasteiger partial charge >= 0.3 is 0 Å². The molecule has 0 aliphatic heterocycles. The van der Waals surface area contributed by atoms with Crippen molar-refractivity contribution in [3.8, 4) is 0 Å². The normalized spacial score (nSPS) is 10.7. The van der Waals surface area contributed by atoms with E-state index in [1.54, 1.807) is 0 Å². The van der Waals surface area contributed by atoms with Gasteiger partial charge in [0, 0.05) is 12.1 Å². The minimum absolute atomic E-state index is 0.231. The molecule has 0 aromatic heterocycles. The lowest BCUT2D eigenvalue weighted by molar-refractivity contribution is 0.345. The molecule has 4 heteroatoms. The summed E-state index contributed by atoms with van der Waals surface area (Å²) in [5.41, 5.74) is 6.94. The summed E-state index contributed by atoms with van der Waals surface area (Å²) in [5.74, 6) is -0.292. The molecule has 1 aromatic carbocycles. The van der Waals surface area contributed by atoms with Crippen LogP contribution < -0.4 is 5.73 Å². The van der Waals surface area contributed by atoms with Gasteiger partial charge in [0.2, 0.25) is 0 Å². The zero-order chi connectivity index (χ0) is 11.4. The van der Waals surface area contributed by atoms with Crippen molar-refractivity contribution in [2.24, 2.45) is 5.73 Å². The second-order valence-corrected chi connectivity index (χ2v) is 3.98. The van der Waals surface area contributed by atoms with Gasteiger partial charge in [0.15, 0.2) is 0 Å². The summed E-state index contributed by atoms with van der Waals surface area (Å²) in [7, 11) is 1.98. The molecule has 0 bridgehead atoms. The third kappa shape index (κ3) is 3.57. The fourth-order valence-electron chi connectivity index (χ4n) is 1.31. The molecule has 0 amide bonds. The Kier molecular flexibility index (Phi) is 4.17. The van der Waals surface area contributed by atoms with Gasteiger partial charge in [0.25, 0.3) is 0 Å². The van der Waals surface area contributed by atoms with Gasteiger partial charge in [-0.15, -0.1) is 0 Å². The topological polar surface area (TPSA) is 29.3 Å². The Bertz CT molecular complexity index is 366. The molecule has 1 aromatic rings. The van der Waals surface area contributed by atoms with E-state index in [9.17, 15) is 4.39 Å². The number of hydrogen-bond donors (Lipinski definition) is 1. The average molecular weight is 226 g/mol. The van der Waals surface area contributed by atoms with E-state index < -0.39 is 0 Å². The first-order valence-electron chi connectivity index (χ1n) is 4.80. The molecule has 15 heavy (non-hydrogen) atoms. The summed E-state index contributed by atoms with van der Waals surface area (Å²) in [4.78, 5) is 2.31. The van der Waals surface area contributed by atoms with Crippen LogP contribution in [0.25, 0.3) is 0 Å². The molecule has 0 aliphatic rings. The maximum absolute atomic E-state index is 13.2. The third-order valence-corrected chi connectivity index (χ3v) is 2.47. The molecule has 2 nitrogen and oxygen atoms in total. The predicted octanol–water partition coefficient (Wildman–Crippen LogP) is 1.91.